The zero-order valence-electron chi connectivity index (χ0n) is 14.2. The van der Waals surface area contributed by atoms with Crippen LogP contribution in [0.1, 0.15) is 17.4 Å². The molecule has 0 spiro atoms. The number of hydrogen-bond acceptors (Lipinski definition) is 8. The summed E-state index contributed by atoms with van der Waals surface area (Å²) in [6, 6.07) is 7.00. The van der Waals surface area contributed by atoms with Gasteiger partial charge in [0.05, 0.1) is 12.0 Å². The minimum Gasteiger partial charge on any atom is -0.496 e. The molecule has 26 heavy (non-hydrogen) atoms. The summed E-state index contributed by atoms with van der Waals surface area (Å²) in [5.41, 5.74) is 6.13. The zero-order chi connectivity index (χ0) is 18.7. The first-order valence-electron chi connectivity index (χ1n) is 7.65. The number of para-hydroxylation sites is 1. The number of hydrogen-bond donors (Lipinski definition) is 2. The molecule has 0 saturated heterocycles. The summed E-state index contributed by atoms with van der Waals surface area (Å²) in [6.07, 6.45) is 4.55. The summed E-state index contributed by atoms with van der Waals surface area (Å²) in [5.74, 6) is 1.27. The van der Waals surface area contributed by atoms with Gasteiger partial charge < -0.3 is 20.4 Å². The van der Waals surface area contributed by atoms with Gasteiger partial charge in [0, 0.05) is 25.0 Å². The van der Waals surface area contributed by atoms with E-state index >= 15 is 0 Å². The van der Waals surface area contributed by atoms with E-state index in [0.29, 0.717) is 11.6 Å². The molecular formula is C16H17N7O3. The maximum atomic E-state index is 10.9. The zero-order valence-corrected chi connectivity index (χ0v) is 14.2. The fraction of sp³-hybridized carbons (Fsp3) is 0.188. The van der Waals surface area contributed by atoms with Gasteiger partial charge in [-0.1, -0.05) is 18.2 Å². The van der Waals surface area contributed by atoms with Crippen LogP contribution in [0.15, 0.2) is 42.9 Å². The number of nitrogens with two attached hydrogens (primary N) is 1. The summed E-state index contributed by atoms with van der Waals surface area (Å²) in [7, 11) is 3.44. The molecule has 0 fully saturated rings. The first-order valence-corrected chi connectivity index (χ1v) is 7.65. The molecule has 0 aliphatic carbocycles. The molecule has 0 unspecified atom stereocenters. The monoisotopic (exact) mass is 355 g/mol. The van der Waals surface area contributed by atoms with Gasteiger partial charge in [-0.2, -0.15) is 4.98 Å². The largest absolute Gasteiger partial charge is 0.496 e. The highest BCUT2D eigenvalue weighted by Gasteiger charge is 2.24. The van der Waals surface area contributed by atoms with Crippen LogP contribution in [-0.2, 0) is 7.05 Å². The van der Waals surface area contributed by atoms with E-state index in [-0.39, 0.29) is 17.5 Å². The predicted molar refractivity (Wildman–Crippen MR) is 94.8 cm³/mol. The lowest BCUT2D eigenvalue weighted by Gasteiger charge is -2.21. The summed E-state index contributed by atoms with van der Waals surface area (Å²) >= 11 is 0. The lowest BCUT2D eigenvalue weighted by atomic mass is 10.0. The molecule has 0 aliphatic rings. The van der Waals surface area contributed by atoms with Crippen LogP contribution >= 0.6 is 0 Å². The third-order valence-electron chi connectivity index (χ3n) is 3.83. The SMILES string of the molecule is COc1ccccc1[C@H](Nc1ncc([N+](=O)[O-])c(N)n1)c1nccn1C. The number of nitro groups is 1. The molecule has 0 aliphatic heterocycles. The number of nitrogens with zero attached hydrogens (tertiary/aromatic N) is 5. The number of aromatic nitrogens is 4. The molecule has 2 aromatic heterocycles. The van der Waals surface area contributed by atoms with Crippen LogP contribution in [0.2, 0.25) is 0 Å². The van der Waals surface area contributed by atoms with Crippen molar-refractivity contribution in [2.45, 2.75) is 6.04 Å². The number of rotatable bonds is 6. The Kier molecular flexibility index (Phi) is 4.65. The van der Waals surface area contributed by atoms with Crippen LogP contribution in [0.5, 0.6) is 5.75 Å². The topological polar surface area (TPSA) is 134 Å². The molecule has 1 atom stereocenters. The van der Waals surface area contributed by atoms with Crippen molar-refractivity contribution in [2.75, 3.05) is 18.2 Å². The van der Waals surface area contributed by atoms with E-state index in [4.69, 9.17) is 10.5 Å². The van der Waals surface area contributed by atoms with Crippen LogP contribution in [0, 0.1) is 10.1 Å². The average Bonchev–Trinajstić information content (AvgIpc) is 3.05. The maximum absolute atomic E-state index is 10.9. The van der Waals surface area contributed by atoms with E-state index in [9.17, 15) is 10.1 Å². The number of methoxy groups -OCH3 is 1. The molecule has 10 heteroatoms. The molecule has 0 saturated carbocycles. The number of anilines is 2. The van der Waals surface area contributed by atoms with Crippen molar-refractivity contribution >= 4 is 17.5 Å². The van der Waals surface area contributed by atoms with E-state index in [1.807, 2.05) is 42.1 Å². The molecule has 134 valence electrons. The smallest absolute Gasteiger partial charge is 0.329 e. The first kappa shape index (κ1) is 17.1. The summed E-state index contributed by atoms with van der Waals surface area (Å²) in [6.45, 7) is 0. The fourth-order valence-corrected chi connectivity index (χ4v) is 2.57. The average molecular weight is 355 g/mol. The lowest BCUT2D eigenvalue weighted by molar-refractivity contribution is -0.384. The van der Waals surface area contributed by atoms with Crippen molar-refractivity contribution in [1.29, 1.82) is 0 Å². The van der Waals surface area contributed by atoms with E-state index in [1.165, 1.54) is 0 Å². The van der Waals surface area contributed by atoms with Crippen LogP contribution in [0.4, 0.5) is 17.5 Å². The Balaban J connectivity index is 2.04. The molecule has 2 heterocycles. The second kappa shape index (κ2) is 7.05. The van der Waals surface area contributed by atoms with E-state index in [1.54, 1.807) is 13.3 Å². The van der Waals surface area contributed by atoms with Crippen LogP contribution < -0.4 is 15.8 Å². The number of nitrogen functional groups attached to an aromatic ring is 1. The Morgan fingerprint density at radius 3 is 2.73 bits per heavy atom. The Labute approximate surface area is 148 Å². The van der Waals surface area contributed by atoms with Crippen molar-refractivity contribution < 1.29 is 9.66 Å². The highest BCUT2D eigenvalue weighted by molar-refractivity contribution is 5.54. The highest BCUT2D eigenvalue weighted by atomic mass is 16.6. The minimum absolute atomic E-state index is 0.145. The predicted octanol–water partition coefficient (Wildman–Crippen LogP) is 1.91. The second-order valence-corrected chi connectivity index (χ2v) is 5.44. The van der Waals surface area contributed by atoms with Gasteiger partial charge in [-0.25, -0.2) is 9.97 Å². The van der Waals surface area contributed by atoms with E-state index in [0.717, 1.165) is 11.8 Å². The third kappa shape index (κ3) is 3.24. The molecule has 0 amide bonds. The summed E-state index contributed by atoms with van der Waals surface area (Å²) in [5, 5.41) is 14.0. The Morgan fingerprint density at radius 2 is 2.12 bits per heavy atom. The summed E-state index contributed by atoms with van der Waals surface area (Å²) in [4.78, 5) is 22.6. The molecular weight excluding hydrogens is 338 g/mol. The van der Waals surface area contributed by atoms with Gasteiger partial charge in [-0.05, 0) is 6.07 Å². The molecule has 3 N–H and O–H groups in total. The number of imidazole rings is 1. The standard InChI is InChI=1S/C16H17N7O3/c1-22-8-7-18-15(22)13(10-5-3-4-6-12(10)26-2)20-16-19-9-11(23(24)25)14(17)21-16/h3-9,13H,1-2H3,(H3,17,19,20,21)/t13-/m0/s1. The third-order valence-corrected chi connectivity index (χ3v) is 3.83. The number of nitrogens with one attached hydrogen (secondary N) is 1. The molecule has 3 rings (SSSR count). The molecule has 10 nitrogen and oxygen atoms in total. The number of aryl methyl sites for hydroxylation is 1. The van der Waals surface area contributed by atoms with Gasteiger partial charge in [0.2, 0.25) is 11.8 Å². The summed E-state index contributed by atoms with van der Waals surface area (Å²) < 4.78 is 7.29. The molecule has 1 aromatic carbocycles. The second-order valence-electron chi connectivity index (χ2n) is 5.44. The Hall–Kier alpha value is -3.69. The number of benzene rings is 1. The van der Waals surface area contributed by atoms with Gasteiger partial charge in [0.15, 0.2) is 0 Å². The van der Waals surface area contributed by atoms with Crippen molar-refractivity contribution in [3.8, 4) is 5.75 Å². The van der Waals surface area contributed by atoms with Gasteiger partial charge in [0.25, 0.3) is 0 Å². The molecule has 0 radical (unpaired) electrons. The molecule has 0 bridgehead atoms. The van der Waals surface area contributed by atoms with E-state index < -0.39 is 11.0 Å². The van der Waals surface area contributed by atoms with Crippen molar-refractivity contribution in [3.63, 3.8) is 0 Å². The highest BCUT2D eigenvalue weighted by Crippen LogP contribution is 2.31. The quantitative estimate of drug-likeness (QED) is 0.506. The number of ether oxygens (including phenoxy) is 1. The van der Waals surface area contributed by atoms with E-state index in [2.05, 4.69) is 20.3 Å². The van der Waals surface area contributed by atoms with Crippen LogP contribution in [-0.4, -0.2) is 31.6 Å². The Morgan fingerprint density at radius 1 is 1.35 bits per heavy atom. The van der Waals surface area contributed by atoms with Gasteiger partial charge in [-0.15, -0.1) is 0 Å². The van der Waals surface area contributed by atoms with Gasteiger partial charge >= 0.3 is 5.69 Å². The minimum atomic E-state index is -0.629. The fourth-order valence-electron chi connectivity index (χ4n) is 2.57. The van der Waals surface area contributed by atoms with Gasteiger partial charge in [-0.3, -0.25) is 10.1 Å². The van der Waals surface area contributed by atoms with Crippen molar-refractivity contribution in [3.05, 3.63) is 64.4 Å². The normalized spacial score (nSPS) is 11.8. The first-order chi connectivity index (χ1) is 12.5. The van der Waals surface area contributed by atoms with Gasteiger partial charge in [0.1, 0.15) is 23.8 Å². The molecule has 3 aromatic rings. The van der Waals surface area contributed by atoms with Crippen LogP contribution in [0.25, 0.3) is 0 Å². The maximum Gasteiger partial charge on any atom is 0.329 e. The Bertz CT molecular complexity index is 941. The van der Waals surface area contributed by atoms with Crippen molar-refractivity contribution in [1.82, 2.24) is 19.5 Å². The lowest BCUT2D eigenvalue weighted by Crippen LogP contribution is -2.19. The van der Waals surface area contributed by atoms with Crippen LogP contribution in [0.3, 0.4) is 0 Å². The van der Waals surface area contributed by atoms with Crippen molar-refractivity contribution in [2.24, 2.45) is 7.05 Å².